The Balaban J connectivity index is 4.64. The fourth-order valence-electron chi connectivity index (χ4n) is 3.25. The Labute approximate surface area is 629 Å². The highest BCUT2D eigenvalue weighted by atomic mass is 14.2. The van der Waals surface area contributed by atoms with E-state index >= 15 is 0 Å². The molecule has 0 heterocycles. The summed E-state index contributed by atoms with van der Waals surface area (Å²) in [5.74, 6) is 259. The quantitative estimate of drug-likeness (QED) is 0.329. The maximum Gasteiger partial charge on any atom is 0.153 e. The predicted octanol–water partition coefficient (Wildman–Crippen LogP) is 0.707. The van der Waals surface area contributed by atoms with E-state index in [-0.39, 0.29) is 0 Å². The molecule has 1 nitrogen and oxygen atoms in total. The summed E-state index contributed by atoms with van der Waals surface area (Å²) in [6.07, 6.45) is 0. The van der Waals surface area contributed by atoms with Crippen LogP contribution in [-0.2, 0) is 0 Å². The summed E-state index contributed by atoms with van der Waals surface area (Å²) in [4.78, 5) is 0. The summed E-state index contributed by atoms with van der Waals surface area (Å²) in [5, 5.41) is 8.22. The van der Waals surface area contributed by atoms with Crippen molar-refractivity contribution in [3.63, 3.8) is 0 Å². The standard InChI is InChI=1S/C106H3N/c1-2-3-4-5-6-7-8-9-10-11-12-13-14-15-16-17-18-19-20-21-22-23-24-25-26-27-28-29-30-31-32-33-34-35-36-37-38-39-40-41-42-43-44-45-46-47-48-49-50-51-52-53-54-55-56-57-58-59-60-61-62-63-64-65-66-67-68-69-70-71-72-73-74-75-76-77-78-79-80-81-82-83-84-85-86-87-88-89-90-91-92-93-94-95-96-97-98-99-100-101-102-103-104-105-106-107/h1H3. The molecule has 0 aromatic carbocycles. The minimum absolute atomic E-state index is 1.63. The van der Waals surface area contributed by atoms with Gasteiger partial charge in [-0.15, -0.1) is 0 Å². The largest absolute Gasteiger partial charge is 0.183 e. The van der Waals surface area contributed by atoms with Crippen molar-refractivity contribution >= 4 is 0 Å². The van der Waals surface area contributed by atoms with E-state index < -0.39 is 0 Å². The first-order chi connectivity index (χ1) is 53.4. The second-order valence-electron chi connectivity index (χ2n) is 13.2. The lowest BCUT2D eigenvalue weighted by atomic mass is 10.4. The molecule has 0 saturated heterocycles. The van der Waals surface area contributed by atoms with Crippen molar-refractivity contribution < 1.29 is 0 Å². The van der Waals surface area contributed by atoms with E-state index in [1.165, 1.54) is 0 Å². The molecule has 1 heteroatoms. The molecule has 0 saturated carbocycles. The summed E-state index contributed by atoms with van der Waals surface area (Å²) in [6, 6.07) is 1.63. The van der Waals surface area contributed by atoms with Gasteiger partial charge in [0.2, 0.25) is 0 Å². The molecule has 0 aliphatic heterocycles. The lowest BCUT2D eigenvalue weighted by Crippen LogP contribution is -1.57. The molecule has 0 aromatic rings. The maximum atomic E-state index is 8.22. The lowest BCUT2D eigenvalue weighted by molar-refractivity contribution is 1.55. The normalized spacial score (nSPS) is 3.96. The summed E-state index contributed by atoms with van der Waals surface area (Å²) >= 11 is 0. The zero-order valence-electron chi connectivity index (χ0n) is 53.9. The molecule has 0 unspecified atom stereocenters. The van der Waals surface area contributed by atoms with Crippen LogP contribution >= 0.6 is 0 Å². The van der Waals surface area contributed by atoms with Gasteiger partial charge < -0.3 is 0 Å². The number of nitriles is 1. The molecule has 0 atom stereocenters. The van der Waals surface area contributed by atoms with E-state index in [1.807, 2.05) is 0 Å². The number of hydrogen-bond acceptors (Lipinski definition) is 1. The molecule has 0 N–H and O–H groups in total. The summed E-state index contributed by atoms with van der Waals surface area (Å²) < 4.78 is 0. The molecule has 0 aromatic heterocycles. The first-order valence-electron chi connectivity index (χ1n) is 26.7. The van der Waals surface area contributed by atoms with Crippen molar-refractivity contribution in [2.24, 2.45) is 0 Å². The fourth-order valence-corrected chi connectivity index (χ4v) is 3.25. The van der Waals surface area contributed by atoms with Crippen molar-refractivity contribution in [3.8, 4) is 622 Å². The van der Waals surface area contributed by atoms with Gasteiger partial charge >= 0.3 is 0 Å². The van der Waals surface area contributed by atoms with Gasteiger partial charge in [0.05, 0.1) is 0 Å². The molecule has 0 radical (unpaired) electrons. The highest BCUT2D eigenvalue weighted by molar-refractivity contribution is 5.56. The highest BCUT2D eigenvalue weighted by Gasteiger charge is 1.68. The molecule has 0 aliphatic rings. The van der Waals surface area contributed by atoms with Crippen LogP contribution in [0.3, 0.4) is 0 Å². The van der Waals surface area contributed by atoms with Crippen LogP contribution in [-0.4, -0.2) is 0 Å². The van der Waals surface area contributed by atoms with Crippen LogP contribution in [0.15, 0.2) is 0 Å². The zero-order chi connectivity index (χ0) is 76.2. The van der Waals surface area contributed by atoms with Crippen molar-refractivity contribution in [2.75, 3.05) is 0 Å². The Morgan fingerprint density at radius 3 is 0.168 bits per heavy atom. The summed E-state index contributed by atoms with van der Waals surface area (Å²) in [5.41, 5.74) is 0. The van der Waals surface area contributed by atoms with E-state index in [1.54, 1.807) is 13.0 Å². The van der Waals surface area contributed by atoms with Gasteiger partial charge in [-0.05, 0) is 54.3 Å². The lowest BCUT2D eigenvalue weighted by Gasteiger charge is -1.58. The van der Waals surface area contributed by atoms with Gasteiger partial charge in [-0.1, -0.05) is 5.92 Å². The van der Waals surface area contributed by atoms with Crippen LogP contribution in [0.5, 0.6) is 0 Å². The Bertz CT molecular complexity index is 7600. The van der Waals surface area contributed by atoms with E-state index in [9.17, 15) is 0 Å². The Hall–Kier alpha value is -23.4. The molecule has 107 heavy (non-hydrogen) atoms. The SMILES string of the molecule is CC#CC#CC#CC#CC#CC#CC#CC#CC#CC#CC#CC#CC#CC#CC#CC#CC#CC#CC#CC#CC#CC#CC#CC#CC#CC#CC#CC#CC#CC#CC#CC#CC#CC#CC#CC#CC#CC#CC#CC#CC#CC#CC#CC#CC#CC#CC#CC#CC#CC#CC#CC#CC#N. The summed E-state index contributed by atoms with van der Waals surface area (Å²) in [7, 11) is 0. The van der Waals surface area contributed by atoms with Crippen molar-refractivity contribution in [2.45, 2.75) is 6.92 Å². The number of rotatable bonds is 0. The Morgan fingerprint density at radius 2 is 0.121 bits per heavy atom. The van der Waals surface area contributed by atoms with Gasteiger partial charge in [0.1, 0.15) is 0 Å². The second-order valence-corrected chi connectivity index (χ2v) is 13.2. The van der Waals surface area contributed by atoms with Gasteiger partial charge in [0.15, 0.2) is 6.07 Å². The fraction of sp³-hybridized carbons (Fsp3) is 0.00943. The summed E-state index contributed by atoms with van der Waals surface area (Å²) in [6.45, 7) is 1.68. The van der Waals surface area contributed by atoms with Crippen LogP contribution in [0.2, 0.25) is 0 Å². The Morgan fingerprint density at radius 1 is 0.0748 bits per heavy atom. The second kappa shape index (κ2) is 82.6. The van der Waals surface area contributed by atoms with E-state index in [0.717, 1.165) is 0 Å². The van der Waals surface area contributed by atoms with Crippen LogP contribution in [0.4, 0.5) is 0 Å². The molecule has 0 amide bonds. The van der Waals surface area contributed by atoms with Crippen molar-refractivity contribution in [1.29, 1.82) is 5.26 Å². The molecule has 0 rings (SSSR count). The topological polar surface area (TPSA) is 23.8 Å². The molecule has 0 bridgehead atoms. The predicted molar refractivity (Wildman–Crippen MR) is 416 cm³/mol. The minimum atomic E-state index is 1.63. The Kier molecular flexibility index (Phi) is 64.6. The molecule has 0 spiro atoms. The monoisotopic (exact) mass is 1290 g/mol. The van der Waals surface area contributed by atoms with Gasteiger partial charge in [-0.2, -0.15) is 5.26 Å². The average molecular weight is 1290 g/mol. The van der Waals surface area contributed by atoms with Crippen LogP contribution in [0, 0.1) is 627 Å². The zero-order valence-corrected chi connectivity index (χ0v) is 53.9. The smallest absolute Gasteiger partial charge is 0.153 e. The number of nitrogens with zero attached hydrogens (tertiary/aromatic N) is 1. The van der Waals surface area contributed by atoms with Crippen LogP contribution in [0.25, 0.3) is 0 Å². The van der Waals surface area contributed by atoms with E-state index in [2.05, 4.69) is 616 Å². The highest BCUT2D eigenvalue weighted by Crippen LogP contribution is 1.68. The molecule has 0 fully saturated rings. The molecule has 432 valence electrons. The van der Waals surface area contributed by atoms with E-state index in [4.69, 9.17) is 5.26 Å². The minimum Gasteiger partial charge on any atom is -0.183 e. The maximum absolute atomic E-state index is 8.22. The third kappa shape index (κ3) is 82.6. The van der Waals surface area contributed by atoms with Crippen LogP contribution < -0.4 is 0 Å². The van der Waals surface area contributed by atoms with Gasteiger partial charge in [-0.25, -0.2) is 0 Å². The first-order valence-corrected chi connectivity index (χ1v) is 26.7. The average Bonchev–Trinajstić information content (AvgIpc) is 3.82. The van der Waals surface area contributed by atoms with Gasteiger partial charge in [-0.3, -0.25) is 0 Å². The van der Waals surface area contributed by atoms with Crippen molar-refractivity contribution in [1.82, 2.24) is 0 Å². The van der Waals surface area contributed by atoms with Crippen molar-refractivity contribution in [3.05, 3.63) is 0 Å². The molecule has 0 aliphatic carbocycles. The third-order valence-electron chi connectivity index (χ3n) is 6.56. The van der Waals surface area contributed by atoms with Gasteiger partial charge in [0, 0.05) is 562 Å². The van der Waals surface area contributed by atoms with Crippen LogP contribution in [0.1, 0.15) is 6.92 Å². The molecular weight excluding hydrogens is 1290 g/mol. The van der Waals surface area contributed by atoms with E-state index in [0.29, 0.717) is 0 Å². The molecular formula is C106H3N. The van der Waals surface area contributed by atoms with Gasteiger partial charge in [0.25, 0.3) is 0 Å². The third-order valence-corrected chi connectivity index (χ3v) is 6.56. The number of hydrogen-bond donors (Lipinski definition) is 0. The first kappa shape index (κ1) is 83.6.